The van der Waals surface area contributed by atoms with Crippen LogP contribution >= 0.6 is 11.3 Å². The lowest BCUT2D eigenvalue weighted by molar-refractivity contribution is -0.137. The van der Waals surface area contributed by atoms with Crippen LogP contribution in [0.2, 0.25) is 0 Å². The van der Waals surface area contributed by atoms with Crippen LogP contribution in [0.3, 0.4) is 0 Å². The highest BCUT2D eigenvalue weighted by Crippen LogP contribution is 2.29. The molecule has 9 heteroatoms. The smallest absolute Gasteiger partial charge is 0.346 e. The third-order valence-electron chi connectivity index (χ3n) is 4.41. The quantitative estimate of drug-likeness (QED) is 0.770. The summed E-state index contributed by atoms with van der Waals surface area (Å²) in [6, 6.07) is 4.83. The van der Waals surface area contributed by atoms with E-state index in [0.717, 1.165) is 49.1 Å². The van der Waals surface area contributed by atoms with Crippen LogP contribution in [0, 0.1) is 18.8 Å². The molecule has 1 N–H and O–H groups in total. The first-order valence-electron chi connectivity index (χ1n) is 9.13. The molecule has 0 bridgehead atoms. The van der Waals surface area contributed by atoms with Crippen molar-refractivity contribution in [2.75, 3.05) is 44.2 Å². The Bertz CT molecular complexity index is 908. The Hall–Kier alpha value is -2.57. The average Bonchev–Trinajstić information content (AvgIpc) is 3.12. The zero-order chi connectivity index (χ0) is 20.9. The van der Waals surface area contributed by atoms with Gasteiger partial charge in [0.2, 0.25) is 5.91 Å². The Morgan fingerprint density at radius 3 is 2.69 bits per heavy atom. The molecule has 1 aliphatic heterocycles. The van der Waals surface area contributed by atoms with Gasteiger partial charge >= 0.3 is 6.18 Å². The monoisotopic (exact) mass is 422 g/mol. The zero-order valence-electron chi connectivity index (χ0n) is 15.9. The van der Waals surface area contributed by atoms with Gasteiger partial charge in [-0.2, -0.15) is 13.2 Å². The molecule has 5 nitrogen and oxygen atoms in total. The molecular weight excluding hydrogens is 401 g/mol. The third kappa shape index (κ3) is 6.21. The van der Waals surface area contributed by atoms with Crippen molar-refractivity contribution < 1.29 is 18.0 Å². The summed E-state index contributed by atoms with van der Waals surface area (Å²) in [4.78, 5) is 20.8. The molecule has 1 aromatic heterocycles. The minimum absolute atomic E-state index is 0.0907. The molecule has 1 saturated heterocycles. The summed E-state index contributed by atoms with van der Waals surface area (Å²) in [7, 11) is 0. The number of benzene rings is 1. The Balaban J connectivity index is 1.41. The summed E-state index contributed by atoms with van der Waals surface area (Å²) in [6.07, 6.45) is -4.39. The largest absolute Gasteiger partial charge is 0.416 e. The van der Waals surface area contributed by atoms with Gasteiger partial charge in [-0.25, -0.2) is 4.98 Å². The van der Waals surface area contributed by atoms with Crippen molar-refractivity contribution in [2.24, 2.45) is 0 Å². The Kier molecular flexibility index (Phi) is 6.77. The molecule has 0 saturated carbocycles. The van der Waals surface area contributed by atoms with Gasteiger partial charge in [0.15, 0.2) is 5.13 Å². The van der Waals surface area contributed by atoms with E-state index in [1.165, 1.54) is 12.1 Å². The van der Waals surface area contributed by atoms with Gasteiger partial charge in [-0.1, -0.05) is 17.9 Å². The number of anilines is 1. The van der Waals surface area contributed by atoms with Crippen molar-refractivity contribution in [3.8, 4) is 11.8 Å². The van der Waals surface area contributed by atoms with Gasteiger partial charge in [-0.15, -0.1) is 11.3 Å². The molecule has 3 rings (SSSR count). The van der Waals surface area contributed by atoms with Gasteiger partial charge in [-0.3, -0.25) is 9.69 Å². The number of piperazine rings is 1. The number of hydrogen-bond donors (Lipinski definition) is 1. The second-order valence-corrected chi connectivity index (χ2v) is 7.53. The lowest BCUT2D eigenvalue weighted by atomic mass is 10.1. The number of amides is 1. The van der Waals surface area contributed by atoms with Crippen LogP contribution in [0.15, 0.2) is 29.6 Å². The second kappa shape index (κ2) is 9.29. The van der Waals surface area contributed by atoms with Crippen LogP contribution in [-0.4, -0.2) is 55.1 Å². The van der Waals surface area contributed by atoms with Crippen molar-refractivity contribution in [2.45, 2.75) is 13.1 Å². The molecule has 2 aromatic rings. The van der Waals surface area contributed by atoms with Crippen LogP contribution in [-0.2, 0) is 11.0 Å². The second-order valence-electron chi connectivity index (χ2n) is 6.69. The highest BCUT2D eigenvalue weighted by molar-refractivity contribution is 7.13. The summed E-state index contributed by atoms with van der Waals surface area (Å²) in [6.45, 7) is 5.50. The average molecular weight is 422 g/mol. The molecule has 1 aromatic carbocycles. The number of carbonyl (C=O) groups excluding carboxylic acids is 1. The zero-order valence-corrected chi connectivity index (χ0v) is 16.7. The minimum Gasteiger partial charge on any atom is -0.346 e. The molecule has 0 unspecified atom stereocenters. The van der Waals surface area contributed by atoms with E-state index >= 15 is 0 Å². The first-order valence-corrected chi connectivity index (χ1v) is 10.0. The number of aryl methyl sites for hydroxylation is 1. The molecule has 0 aliphatic carbocycles. The first-order chi connectivity index (χ1) is 13.8. The van der Waals surface area contributed by atoms with Gasteiger partial charge in [0.05, 0.1) is 24.3 Å². The van der Waals surface area contributed by atoms with Crippen molar-refractivity contribution in [3.63, 3.8) is 0 Å². The van der Waals surface area contributed by atoms with E-state index in [9.17, 15) is 18.0 Å². The Morgan fingerprint density at radius 1 is 1.28 bits per heavy atom. The summed E-state index contributed by atoms with van der Waals surface area (Å²) >= 11 is 1.62. The molecule has 0 spiro atoms. The van der Waals surface area contributed by atoms with Crippen molar-refractivity contribution in [1.29, 1.82) is 0 Å². The highest BCUT2D eigenvalue weighted by atomic mass is 32.1. The number of nitrogens with one attached hydrogen (secondary N) is 1. The van der Waals surface area contributed by atoms with E-state index in [1.54, 1.807) is 11.3 Å². The number of carbonyl (C=O) groups is 1. The maximum atomic E-state index is 12.7. The molecule has 154 valence electrons. The van der Waals surface area contributed by atoms with Gasteiger partial charge < -0.3 is 10.2 Å². The fraction of sp³-hybridized carbons (Fsp3) is 0.400. The summed E-state index contributed by atoms with van der Waals surface area (Å²) in [5.74, 6) is 5.20. The van der Waals surface area contributed by atoms with E-state index in [2.05, 4.69) is 31.9 Å². The van der Waals surface area contributed by atoms with Gasteiger partial charge in [0.1, 0.15) is 0 Å². The van der Waals surface area contributed by atoms with E-state index < -0.39 is 11.7 Å². The first kappa shape index (κ1) is 21.1. The van der Waals surface area contributed by atoms with E-state index in [4.69, 9.17) is 0 Å². The van der Waals surface area contributed by atoms with E-state index in [1.807, 2.05) is 12.3 Å². The van der Waals surface area contributed by atoms with Crippen molar-refractivity contribution >= 4 is 22.4 Å². The van der Waals surface area contributed by atoms with Gasteiger partial charge in [0, 0.05) is 37.1 Å². The minimum atomic E-state index is -4.39. The summed E-state index contributed by atoms with van der Waals surface area (Å²) < 4.78 is 38.1. The Morgan fingerprint density at radius 2 is 2.03 bits per heavy atom. The number of hydrogen-bond acceptors (Lipinski definition) is 5. The van der Waals surface area contributed by atoms with Crippen LogP contribution in [0.25, 0.3) is 0 Å². The fourth-order valence-electron chi connectivity index (χ4n) is 2.91. The maximum absolute atomic E-state index is 12.7. The Labute approximate surface area is 171 Å². The van der Waals surface area contributed by atoms with Crippen LogP contribution in [0.5, 0.6) is 0 Å². The number of aromatic nitrogens is 1. The molecule has 2 heterocycles. The standard InChI is InChI=1S/C20H21F3N4OS/c1-15-14-29-19(25-15)27-10-8-26(9-11-27)13-18(28)24-7-3-5-16-4-2-6-17(12-16)20(21,22)23/h2,4,6,12,14H,7-11,13H2,1H3,(H,24,28). The molecule has 1 amide bonds. The number of nitrogens with zero attached hydrogens (tertiary/aromatic N) is 3. The predicted octanol–water partition coefficient (Wildman–Crippen LogP) is 2.76. The SMILES string of the molecule is Cc1csc(N2CCN(CC(=O)NCC#Cc3cccc(C(F)(F)F)c3)CC2)n1. The molecule has 0 atom stereocenters. The lowest BCUT2D eigenvalue weighted by Crippen LogP contribution is -2.49. The van der Waals surface area contributed by atoms with E-state index in [0.29, 0.717) is 0 Å². The predicted molar refractivity (Wildman–Crippen MR) is 107 cm³/mol. The summed E-state index contributed by atoms with van der Waals surface area (Å²) in [5, 5.41) is 5.72. The van der Waals surface area contributed by atoms with Crippen LogP contribution < -0.4 is 10.2 Å². The fourth-order valence-corrected chi connectivity index (χ4v) is 3.76. The van der Waals surface area contributed by atoms with Gasteiger partial charge in [0.25, 0.3) is 0 Å². The molecule has 0 radical (unpaired) electrons. The molecule has 29 heavy (non-hydrogen) atoms. The van der Waals surface area contributed by atoms with Crippen molar-refractivity contribution in [3.05, 3.63) is 46.5 Å². The maximum Gasteiger partial charge on any atom is 0.416 e. The number of thiazole rings is 1. The molecule has 1 aliphatic rings. The number of halogens is 3. The third-order valence-corrected chi connectivity index (χ3v) is 5.43. The topological polar surface area (TPSA) is 48.5 Å². The van der Waals surface area contributed by atoms with Gasteiger partial charge in [-0.05, 0) is 25.1 Å². The molecule has 1 fully saturated rings. The lowest BCUT2D eigenvalue weighted by Gasteiger charge is -2.34. The number of alkyl halides is 3. The van der Waals surface area contributed by atoms with Crippen LogP contribution in [0.1, 0.15) is 16.8 Å². The highest BCUT2D eigenvalue weighted by Gasteiger charge is 2.30. The van der Waals surface area contributed by atoms with Crippen molar-refractivity contribution in [1.82, 2.24) is 15.2 Å². The summed E-state index contributed by atoms with van der Waals surface area (Å²) in [5.41, 5.74) is 0.543. The number of rotatable bonds is 4. The van der Waals surface area contributed by atoms with E-state index in [-0.39, 0.29) is 24.6 Å². The molecular formula is C20H21F3N4OS. The normalized spacial score (nSPS) is 15.0. The van der Waals surface area contributed by atoms with Crippen LogP contribution in [0.4, 0.5) is 18.3 Å².